The molecule has 81 heavy (non-hydrogen) atoms. The fraction of sp³-hybridized carbons (Fsp3) is 0.493. The molecule has 6 rings (SSSR count). The Bertz CT molecular complexity index is 2890. The summed E-state index contributed by atoms with van der Waals surface area (Å²) in [5.74, 6) is 0.103. The molecule has 14 heteroatoms. The maximum atomic E-state index is 11.8. The molecule has 0 amide bonds. The predicted octanol–water partition coefficient (Wildman–Crippen LogP) is 9.76. The van der Waals surface area contributed by atoms with Gasteiger partial charge in [-0.1, -0.05) is 142 Å². The molecule has 0 aliphatic carbocycles. The minimum Gasteiger partial charge on any atom is -0.870 e. The number of aryl methyl sites for hydroxylation is 6. The minimum atomic E-state index is -0.891. The van der Waals surface area contributed by atoms with Gasteiger partial charge in [-0.15, -0.1) is 0 Å². The van der Waals surface area contributed by atoms with Crippen molar-refractivity contribution in [1.29, 1.82) is 0 Å². The molecular weight excluding hydrogens is 1030 g/mol. The summed E-state index contributed by atoms with van der Waals surface area (Å²) in [6, 6.07) is 26.9. The Morgan fingerprint density at radius 3 is 1.10 bits per heavy atom. The Balaban J connectivity index is 0.000000759. The smallest absolute Gasteiger partial charge is 0.870 e. The van der Waals surface area contributed by atoms with Crippen LogP contribution in [0.4, 0.5) is 0 Å². The first-order valence-electron chi connectivity index (χ1n) is 28.1. The van der Waals surface area contributed by atoms with Gasteiger partial charge in [0.25, 0.3) is 0 Å². The van der Waals surface area contributed by atoms with E-state index in [1.165, 1.54) is 44.5 Å². The molecule has 0 aliphatic rings. The van der Waals surface area contributed by atoms with Gasteiger partial charge in [0.2, 0.25) is 0 Å². The van der Waals surface area contributed by atoms with Gasteiger partial charge in [0.05, 0.1) is 31.7 Å². The van der Waals surface area contributed by atoms with Crippen molar-refractivity contribution >= 4 is 11.9 Å². The molecule has 0 spiro atoms. The molecule has 2 atom stereocenters. The summed E-state index contributed by atoms with van der Waals surface area (Å²) in [6.07, 6.45) is 13.3. The molecule has 0 bridgehead atoms. The first-order valence-corrected chi connectivity index (χ1v) is 28.1. The summed E-state index contributed by atoms with van der Waals surface area (Å²) in [5, 5.41) is 37.0. The normalized spacial score (nSPS) is 12.2. The first-order chi connectivity index (χ1) is 36.9. The molecule has 438 valence electrons. The molecule has 0 aliphatic heterocycles. The number of aromatic nitrogens is 4. The van der Waals surface area contributed by atoms with Gasteiger partial charge in [-0.2, -0.15) is 0 Å². The molecule has 2 aromatic heterocycles. The zero-order valence-electron chi connectivity index (χ0n) is 51.9. The van der Waals surface area contributed by atoms with E-state index < -0.39 is 5.97 Å². The number of rotatable bonds is 21. The summed E-state index contributed by atoms with van der Waals surface area (Å²) in [4.78, 5) is 40.7. The number of benzene rings is 4. The number of aliphatic hydroxyl groups excluding tert-OH is 3. The van der Waals surface area contributed by atoms with Crippen molar-refractivity contribution in [2.45, 2.75) is 191 Å². The van der Waals surface area contributed by atoms with Crippen molar-refractivity contribution in [1.82, 2.24) is 19.9 Å². The van der Waals surface area contributed by atoms with Crippen molar-refractivity contribution in [2.24, 2.45) is 10.8 Å². The zero-order valence-corrected chi connectivity index (χ0v) is 53.9. The Labute approximate surface area is 506 Å². The van der Waals surface area contributed by atoms with Gasteiger partial charge in [-0.25, -0.2) is 19.9 Å². The quantitative estimate of drug-likeness (QED) is 0.0389. The van der Waals surface area contributed by atoms with Gasteiger partial charge in [0, 0.05) is 53.9 Å². The molecule has 0 fully saturated rings. The van der Waals surface area contributed by atoms with Crippen molar-refractivity contribution < 1.29 is 75.3 Å². The number of carbonyl (C=O) groups excluding carboxylic acids is 1. The fourth-order valence-electron chi connectivity index (χ4n) is 10.6. The van der Waals surface area contributed by atoms with Crippen LogP contribution in [0.15, 0.2) is 97.6 Å². The van der Waals surface area contributed by atoms with Gasteiger partial charge in [-0.3, -0.25) is 9.59 Å². The molecule has 0 saturated heterocycles. The van der Waals surface area contributed by atoms with E-state index in [-0.39, 0.29) is 93.2 Å². The van der Waals surface area contributed by atoms with E-state index in [2.05, 4.69) is 190 Å². The number of hydrogen-bond acceptors (Lipinski definition) is 11. The molecule has 7 N–H and O–H groups in total. The van der Waals surface area contributed by atoms with Crippen LogP contribution in [0.1, 0.15) is 181 Å². The van der Waals surface area contributed by atoms with Crippen LogP contribution in [0, 0.1) is 38.5 Å². The van der Waals surface area contributed by atoms with Crippen LogP contribution < -0.4 is 29.6 Å². The van der Waals surface area contributed by atoms with Crippen LogP contribution in [0.25, 0.3) is 22.8 Å². The van der Waals surface area contributed by atoms with Crippen molar-refractivity contribution in [2.75, 3.05) is 13.7 Å². The number of carboxylic acid groups (broad SMARTS) is 1. The second-order valence-corrected chi connectivity index (χ2v) is 23.1. The summed E-state index contributed by atoms with van der Waals surface area (Å²) in [7, 11) is 1.00. The molecule has 6 aromatic rings. The maximum Gasteiger partial charge on any atom is 1.00 e. The Hall–Kier alpha value is -5.22. The number of aliphatic carboxylic acids is 1. The Morgan fingerprint density at radius 1 is 0.519 bits per heavy atom. The zero-order chi connectivity index (χ0) is 58.2. The van der Waals surface area contributed by atoms with Gasteiger partial charge in [0.1, 0.15) is 0 Å². The average Bonchev–Trinajstić information content (AvgIpc) is 3.40. The van der Waals surface area contributed by atoms with Crippen LogP contribution in [-0.4, -0.2) is 89.2 Å². The van der Waals surface area contributed by atoms with E-state index in [0.29, 0.717) is 23.8 Å². The van der Waals surface area contributed by atoms with Crippen molar-refractivity contribution in [3.8, 4) is 22.8 Å². The van der Waals surface area contributed by atoms with E-state index >= 15 is 0 Å². The van der Waals surface area contributed by atoms with Crippen molar-refractivity contribution in [3.05, 3.63) is 164 Å². The van der Waals surface area contributed by atoms with Gasteiger partial charge >= 0.3 is 41.5 Å². The third-order valence-electron chi connectivity index (χ3n) is 16.0. The van der Waals surface area contributed by atoms with E-state index in [4.69, 9.17) is 14.9 Å². The molecule has 2 heterocycles. The monoisotopic (exact) mass is 1120 g/mol. The van der Waals surface area contributed by atoms with Crippen LogP contribution >= 0.6 is 0 Å². The number of aliphatic hydroxyl groups is 3. The molecule has 0 radical (unpaired) electrons. The number of carboxylic acids is 1. The van der Waals surface area contributed by atoms with Crippen LogP contribution in [0.5, 0.6) is 0 Å². The van der Waals surface area contributed by atoms with Gasteiger partial charge in [-0.05, 0) is 164 Å². The Kier molecular flexibility index (Phi) is 30.2. The SMILES string of the molecule is CCC(CC)(c1ccc(CCC(O)C(C)(C)C)c(C)c1)c1ccc(-c2ncc(CC(=O)O)cn2)c(C)c1.CCOC(=O)Cc1cnc(-c2ccc(C(CC)(CC)c3ccc(CCC(O)C(C)(C)C)c(C)c3)cc2C)nc1.CO.O.[Na+].[OH-]. The number of esters is 1. The second kappa shape index (κ2) is 33.2. The minimum absolute atomic E-state index is 0. The largest absolute Gasteiger partial charge is 1.00 e. The van der Waals surface area contributed by atoms with E-state index in [9.17, 15) is 19.8 Å². The summed E-state index contributed by atoms with van der Waals surface area (Å²) in [5.41, 5.74) is 15.5. The third-order valence-corrected chi connectivity index (χ3v) is 16.0. The van der Waals surface area contributed by atoms with Gasteiger partial charge in [0.15, 0.2) is 11.6 Å². The van der Waals surface area contributed by atoms with Crippen LogP contribution in [0.2, 0.25) is 0 Å². The van der Waals surface area contributed by atoms with Crippen LogP contribution in [-0.2, 0) is 50.8 Å². The topological polar surface area (TPSA) is 237 Å². The molecule has 4 aromatic carbocycles. The summed E-state index contributed by atoms with van der Waals surface area (Å²) in [6.45, 7) is 32.3. The van der Waals surface area contributed by atoms with E-state index in [1.807, 2.05) is 0 Å². The molecule has 13 nitrogen and oxygen atoms in total. The third kappa shape index (κ3) is 19.2. The number of carbonyl (C=O) groups is 2. The fourth-order valence-corrected chi connectivity index (χ4v) is 10.6. The number of ether oxygens (including phenoxy) is 1. The molecular formula is C67H95N4NaO9. The summed E-state index contributed by atoms with van der Waals surface area (Å²) < 4.78 is 5.03. The van der Waals surface area contributed by atoms with Crippen molar-refractivity contribution in [3.63, 3.8) is 0 Å². The van der Waals surface area contributed by atoms with Gasteiger partial charge < -0.3 is 36.1 Å². The van der Waals surface area contributed by atoms with E-state index in [0.717, 1.165) is 86.3 Å². The predicted molar refractivity (Wildman–Crippen MR) is 322 cm³/mol. The van der Waals surface area contributed by atoms with E-state index in [1.54, 1.807) is 31.7 Å². The number of hydrogen-bond donors (Lipinski definition) is 4. The molecule has 2 unspecified atom stereocenters. The molecule has 0 saturated carbocycles. The number of nitrogens with zero attached hydrogens (tertiary/aromatic N) is 4. The standard InChI is InChI=1S/C34H46N2O3.C32H42N2O3.CH4O.Na.2H2O/c1-9-34(10-2,27-14-12-26(23(4)18-27)13-17-30(37)33(6,7)8)28-15-16-29(24(5)19-28)32-35-21-25(22-36-32)20-31(38)39-11-3;1-8-32(9-2,25-12-10-24(21(3)16-25)11-15-28(35)31(5,6)7)26-13-14-27(22(4)17-26)30-33-19-23(20-34-30)18-29(36)37;1-2;;;/h12,14-16,18-19,21-22,30,37H,9-11,13,17,20H2,1-8H3;10,12-14,16-17,19-20,28,35H,8-9,11,15,18H2,1-7H3,(H,36,37);2H,1H3;;2*1H2/q;;;+1;;/p-1. The summed E-state index contributed by atoms with van der Waals surface area (Å²) >= 11 is 0. The average molecular weight is 1120 g/mol. The first kappa shape index (κ1) is 73.8. The second-order valence-electron chi connectivity index (χ2n) is 23.1. The van der Waals surface area contributed by atoms with Crippen LogP contribution in [0.3, 0.4) is 0 Å². The maximum absolute atomic E-state index is 11.8. The Morgan fingerprint density at radius 2 is 0.827 bits per heavy atom.